The molecule has 0 aromatic carbocycles. The van der Waals surface area contributed by atoms with Gasteiger partial charge in [-0.2, -0.15) is 0 Å². The fourth-order valence-corrected chi connectivity index (χ4v) is 2.90. The summed E-state index contributed by atoms with van der Waals surface area (Å²) in [5.74, 6) is -2.02. The summed E-state index contributed by atoms with van der Waals surface area (Å²) < 4.78 is 5.11. The van der Waals surface area contributed by atoms with Crippen molar-refractivity contribution in [3.05, 3.63) is 0 Å². The first-order valence-electron chi connectivity index (χ1n) is 8.66. The number of carbonyl (C=O) groups is 3. The average Bonchev–Trinajstić information content (AvgIpc) is 2.97. The number of amides is 1. The molecule has 2 saturated heterocycles. The molecule has 0 spiro atoms. The maximum atomic E-state index is 11.8. The summed E-state index contributed by atoms with van der Waals surface area (Å²) in [6, 6.07) is -1.60. The fraction of sp³-hybridized carbons (Fsp3) is 0.824. The molecule has 2 aliphatic rings. The van der Waals surface area contributed by atoms with Gasteiger partial charge in [0.25, 0.3) is 0 Å². The Morgan fingerprint density at radius 2 is 1.59 bits per heavy atom. The Morgan fingerprint density at radius 3 is 1.93 bits per heavy atom. The number of carbonyl (C=O) groups excluding carboxylic acids is 1. The number of rotatable bonds is 2. The molecule has 1 amide bonds. The van der Waals surface area contributed by atoms with Gasteiger partial charge in [-0.3, -0.25) is 9.69 Å². The second-order valence-corrected chi connectivity index (χ2v) is 8.64. The summed E-state index contributed by atoms with van der Waals surface area (Å²) in [6.45, 7) is 8.58. The molecule has 0 aliphatic carbocycles. The zero-order valence-electron chi connectivity index (χ0n) is 16.4. The number of aliphatic carboxylic acids is 2. The highest BCUT2D eigenvalue weighted by atomic mass is 16.6. The first-order valence-corrected chi connectivity index (χ1v) is 8.66. The van der Waals surface area contributed by atoms with Crippen molar-refractivity contribution >= 4 is 18.0 Å². The standard InChI is InChI=1S/C11H19NO5.C6H11NO3/c1-10(2,3)17-9(15)12-6-11(4,16)5-7(12)8(13)14;1-6(10)2-4(5(8)9)7-3-6/h7,16H,5-6H2,1-4H3,(H,13,14);4,7,10H,2-3H2,1H3,(H,8,9)/t7-,11-;4-,6-/m00/s1. The number of nitrogens with zero attached hydrogens (tertiary/aromatic N) is 1. The number of hydrogen-bond donors (Lipinski definition) is 5. The topological polar surface area (TPSA) is 157 Å². The molecule has 0 aromatic heterocycles. The Bertz CT molecular complexity index is 582. The second-order valence-electron chi connectivity index (χ2n) is 8.64. The predicted molar refractivity (Wildman–Crippen MR) is 94.3 cm³/mol. The van der Waals surface area contributed by atoms with E-state index in [0.717, 1.165) is 4.90 Å². The van der Waals surface area contributed by atoms with Gasteiger partial charge >= 0.3 is 18.0 Å². The highest BCUT2D eigenvalue weighted by molar-refractivity contribution is 5.81. The van der Waals surface area contributed by atoms with Gasteiger partial charge in [0, 0.05) is 19.4 Å². The number of ether oxygens (including phenoxy) is 1. The zero-order chi connectivity index (χ0) is 21.2. The maximum Gasteiger partial charge on any atom is 0.411 e. The molecule has 0 radical (unpaired) electrons. The van der Waals surface area contributed by atoms with Crippen LogP contribution < -0.4 is 5.32 Å². The van der Waals surface area contributed by atoms with E-state index < -0.39 is 46.9 Å². The fourth-order valence-electron chi connectivity index (χ4n) is 2.90. The van der Waals surface area contributed by atoms with Gasteiger partial charge in [-0.05, 0) is 34.6 Å². The van der Waals surface area contributed by atoms with Crippen molar-refractivity contribution in [3.63, 3.8) is 0 Å². The monoisotopic (exact) mass is 390 g/mol. The summed E-state index contributed by atoms with van der Waals surface area (Å²) in [5.41, 5.74) is -2.71. The van der Waals surface area contributed by atoms with Crippen molar-refractivity contribution in [2.75, 3.05) is 13.1 Å². The number of nitrogens with one attached hydrogen (secondary N) is 1. The number of hydrogen-bond acceptors (Lipinski definition) is 7. The van der Waals surface area contributed by atoms with Crippen molar-refractivity contribution in [1.29, 1.82) is 0 Å². The normalized spacial score (nSPS) is 33.2. The molecule has 2 heterocycles. The lowest BCUT2D eigenvalue weighted by atomic mass is 10.0. The number of aliphatic hydroxyl groups is 2. The minimum Gasteiger partial charge on any atom is -0.480 e. The van der Waals surface area contributed by atoms with E-state index in [2.05, 4.69) is 5.32 Å². The number of likely N-dealkylation sites (tertiary alicyclic amines) is 1. The van der Waals surface area contributed by atoms with Crippen LogP contribution in [0, 0.1) is 0 Å². The molecule has 4 atom stereocenters. The molecule has 10 heteroatoms. The molecule has 27 heavy (non-hydrogen) atoms. The van der Waals surface area contributed by atoms with Crippen LogP contribution in [0.4, 0.5) is 4.79 Å². The van der Waals surface area contributed by atoms with E-state index in [4.69, 9.17) is 14.9 Å². The van der Waals surface area contributed by atoms with Gasteiger partial charge in [0.2, 0.25) is 0 Å². The van der Waals surface area contributed by atoms with Gasteiger partial charge in [-0.1, -0.05) is 0 Å². The minimum absolute atomic E-state index is 0.0155. The van der Waals surface area contributed by atoms with Crippen LogP contribution in [-0.4, -0.2) is 85.3 Å². The van der Waals surface area contributed by atoms with Crippen LogP contribution in [0.1, 0.15) is 47.5 Å². The zero-order valence-corrected chi connectivity index (χ0v) is 16.4. The molecule has 2 aliphatic heterocycles. The van der Waals surface area contributed by atoms with E-state index in [1.165, 1.54) is 6.92 Å². The Labute approximate surface area is 158 Å². The van der Waals surface area contributed by atoms with E-state index in [0.29, 0.717) is 13.0 Å². The van der Waals surface area contributed by atoms with Crippen LogP contribution in [0.5, 0.6) is 0 Å². The average molecular weight is 390 g/mol. The number of carboxylic acids is 2. The Hall–Kier alpha value is -1.91. The van der Waals surface area contributed by atoms with Gasteiger partial charge in [0.15, 0.2) is 0 Å². The quantitative estimate of drug-likeness (QED) is 0.438. The lowest BCUT2D eigenvalue weighted by Crippen LogP contribution is -2.43. The highest BCUT2D eigenvalue weighted by Gasteiger charge is 2.46. The molecule has 0 unspecified atom stereocenters. The van der Waals surface area contributed by atoms with E-state index in [1.54, 1.807) is 27.7 Å². The molecule has 0 aromatic rings. The van der Waals surface area contributed by atoms with Crippen molar-refractivity contribution in [3.8, 4) is 0 Å². The smallest absolute Gasteiger partial charge is 0.411 e. The summed E-state index contributed by atoms with van der Waals surface area (Å²) in [4.78, 5) is 34.2. The Kier molecular flexibility index (Phi) is 6.85. The number of carboxylic acid groups (broad SMARTS) is 2. The summed E-state index contributed by atoms with van der Waals surface area (Å²) in [7, 11) is 0. The maximum absolute atomic E-state index is 11.8. The summed E-state index contributed by atoms with van der Waals surface area (Å²) in [6.07, 6.45) is -0.396. The summed E-state index contributed by atoms with van der Waals surface area (Å²) in [5, 5.41) is 39.3. The van der Waals surface area contributed by atoms with Gasteiger partial charge in [0.05, 0.1) is 17.7 Å². The van der Waals surface area contributed by atoms with Crippen LogP contribution in [0.3, 0.4) is 0 Å². The molecule has 10 nitrogen and oxygen atoms in total. The van der Waals surface area contributed by atoms with Crippen LogP contribution in [0.2, 0.25) is 0 Å². The van der Waals surface area contributed by atoms with E-state index in [9.17, 15) is 24.6 Å². The molecule has 0 saturated carbocycles. The van der Waals surface area contributed by atoms with Crippen LogP contribution >= 0.6 is 0 Å². The number of β-amino-alcohol motifs (C(OH)–C–C–N with tert-alkyl or cyclic N) is 2. The third kappa shape index (κ3) is 7.31. The molecule has 0 bridgehead atoms. The van der Waals surface area contributed by atoms with Crippen molar-refractivity contribution in [2.45, 2.75) is 76.3 Å². The molecular weight excluding hydrogens is 360 g/mol. The third-order valence-electron chi connectivity index (χ3n) is 4.10. The van der Waals surface area contributed by atoms with Crippen LogP contribution in [-0.2, 0) is 14.3 Å². The largest absolute Gasteiger partial charge is 0.480 e. The van der Waals surface area contributed by atoms with E-state index in [1.807, 2.05) is 0 Å². The summed E-state index contributed by atoms with van der Waals surface area (Å²) >= 11 is 0. The van der Waals surface area contributed by atoms with E-state index in [-0.39, 0.29) is 13.0 Å². The lowest BCUT2D eigenvalue weighted by molar-refractivity contribution is -0.142. The van der Waals surface area contributed by atoms with E-state index >= 15 is 0 Å². The second kappa shape index (κ2) is 7.99. The van der Waals surface area contributed by atoms with Gasteiger partial charge in [-0.15, -0.1) is 0 Å². The van der Waals surface area contributed by atoms with Crippen molar-refractivity contribution < 1.29 is 39.5 Å². The predicted octanol–water partition coefficient (Wildman–Crippen LogP) is 0.0153. The highest BCUT2D eigenvalue weighted by Crippen LogP contribution is 2.28. The SMILES string of the molecule is CC(C)(C)OC(=O)N1C[C@@](C)(O)C[C@H]1C(=O)O.C[C@@]1(O)CN[C@H](C(=O)O)C1. The third-order valence-corrected chi connectivity index (χ3v) is 4.10. The van der Waals surface area contributed by atoms with Gasteiger partial charge < -0.3 is 30.5 Å². The molecule has 5 N–H and O–H groups in total. The molecule has 156 valence electrons. The van der Waals surface area contributed by atoms with Gasteiger partial charge in [-0.25, -0.2) is 9.59 Å². The van der Waals surface area contributed by atoms with Crippen LogP contribution in [0.25, 0.3) is 0 Å². The Morgan fingerprint density at radius 1 is 1.04 bits per heavy atom. The molecule has 2 fully saturated rings. The van der Waals surface area contributed by atoms with Crippen LogP contribution in [0.15, 0.2) is 0 Å². The molecule has 2 rings (SSSR count). The van der Waals surface area contributed by atoms with Gasteiger partial charge in [0.1, 0.15) is 17.7 Å². The Balaban J connectivity index is 0.000000309. The van der Waals surface area contributed by atoms with Crippen molar-refractivity contribution in [2.24, 2.45) is 0 Å². The first kappa shape index (κ1) is 23.1. The van der Waals surface area contributed by atoms with Crippen molar-refractivity contribution in [1.82, 2.24) is 10.2 Å². The minimum atomic E-state index is -1.18. The molecular formula is C17H30N2O8. The lowest BCUT2D eigenvalue weighted by Gasteiger charge is -2.26. The first-order chi connectivity index (χ1) is 12.0.